The van der Waals surface area contributed by atoms with Crippen molar-refractivity contribution >= 4 is 16.8 Å². The molecule has 0 radical (unpaired) electrons. The number of fused-ring (bicyclic) bond motifs is 1. The average Bonchev–Trinajstić information content (AvgIpc) is 2.82. The van der Waals surface area contributed by atoms with Gasteiger partial charge in [0, 0.05) is 11.3 Å². The molecule has 3 rings (SSSR count). The number of hydrogen-bond acceptors (Lipinski definition) is 4. The summed E-state index contributed by atoms with van der Waals surface area (Å²) in [4.78, 5) is 4.45. The van der Waals surface area contributed by atoms with Crippen LogP contribution in [-0.2, 0) is 0 Å². The number of hydrogen-bond donors (Lipinski definition) is 1. The van der Waals surface area contributed by atoms with Gasteiger partial charge in [-0.15, -0.1) is 0 Å². The van der Waals surface area contributed by atoms with Gasteiger partial charge >= 0.3 is 0 Å². The smallest absolute Gasteiger partial charge is 0.227 e. The lowest BCUT2D eigenvalue weighted by Crippen LogP contribution is -1.85. The number of methoxy groups -OCH3 is 1. The Morgan fingerprint density at radius 1 is 1.17 bits per heavy atom. The van der Waals surface area contributed by atoms with Gasteiger partial charge in [0.25, 0.3) is 0 Å². The number of nitrogens with zero attached hydrogens (tertiary/aromatic N) is 1. The molecule has 0 spiro atoms. The summed E-state index contributed by atoms with van der Waals surface area (Å²) in [5.74, 6) is 1.24. The quantitative estimate of drug-likeness (QED) is 0.699. The SMILES string of the molecule is COc1cccc2oc(-c3cccc(N)c3)nc12. The zero-order chi connectivity index (χ0) is 12.5. The minimum Gasteiger partial charge on any atom is -0.494 e. The summed E-state index contributed by atoms with van der Waals surface area (Å²) < 4.78 is 11.0. The van der Waals surface area contributed by atoms with E-state index in [2.05, 4.69) is 4.98 Å². The third-order valence-electron chi connectivity index (χ3n) is 2.74. The number of nitrogens with two attached hydrogens (primary N) is 1. The molecule has 1 heterocycles. The van der Waals surface area contributed by atoms with Gasteiger partial charge in [0.05, 0.1) is 7.11 Å². The van der Waals surface area contributed by atoms with Crippen molar-refractivity contribution in [3.63, 3.8) is 0 Å². The van der Waals surface area contributed by atoms with Gasteiger partial charge in [0.1, 0.15) is 5.75 Å². The van der Waals surface area contributed by atoms with E-state index in [9.17, 15) is 0 Å². The van der Waals surface area contributed by atoms with Crippen LogP contribution in [-0.4, -0.2) is 12.1 Å². The number of nitrogen functional groups attached to an aromatic ring is 1. The van der Waals surface area contributed by atoms with Crippen LogP contribution >= 0.6 is 0 Å². The molecule has 0 saturated carbocycles. The molecule has 3 aromatic rings. The van der Waals surface area contributed by atoms with Crippen molar-refractivity contribution < 1.29 is 9.15 Å². The van der Waals surface area contributed by atoms with E-state index in [0.717, 1.165) is 11.1 Å². The lowest BCUT2D eigenvalue weighted by molar-refractivity contribution is 0.419. The summed E-state index contributed by atoms with van der Waals surface area (Å²) in [6, 6.07) is 13.0. The topological polar surface area (TPSA) is 61.3 Å². The van der Waals surface area contributed by atoms with Crippen LogP contribution in [0.2, 0.25) is 0 Å². The third-order valence-corrected chi connectivity index (χ3v) is 2.74. The number of oxazole rings is 1. The Balaban J connectivity index is 2.19. The molecule has 0 bridgehead atoms. The molecule has 2 N–H and O–H groups in total. The summed E-state index contributed by atoms with van der Waals surface area (Å²) in [6.07, 6.45) is 0. The van der Waals surface area contributed by atoms with Gasteiger partial charge in [-0.05, 0) is 30.3 Å². The van der Waals surface area contributed by atoms with Crippen LogP contribution in [0.3, 0.4) is 0 Å². The van der Waals surface area contributed by atoms with E-state index < -0.39 is 0 Å². The van der Waals surface area contributed by atoms with Crippen molar-refractivity contribution in [2.75, 3.05) is 12.8 Å². The van der Waals surface area contributed by atoms with E-state index in [-0.39, 0.29) is 0 Å². The summed E-state index contributed by atoms with van der Waals surface area (Å²) in [6.45, 7) is 0. The van der Waals surface area contributed by atoms with Gasteiger partial charge in [-0.3, -0.25) is 0 Å². The number of benzene rings is 2. The lowest BCUT2D eigenvalue weighted by Gasteiger charge is -1.97. The van der Waals surface area contributed by atoms with Crippen LogP contribution in [0, 0.1) is 0 Å². The van der Waals surface area contributed by atoms with Gasteiger partial charge < -0.3 is 14.9 Å². The van der Waals surface area contributed by atoms with Crippen molar-refractivity contribution in [2.24, 2.45) is 0 Å². The van der Waals surface area contributed by atoms with Gasteiger partial charge in [0.15, 0.2) is 11.1 Å². The second kappa shape index (κ2) is 4.07. The van der Waals surface area contributed by atoms with Crippen LogP contribution in [0.15, 0.2) is 46.9 Å². The van der Waals surface area contributed by atoms with Crippen molar-refractivity contribution in [3.05, 3.63) is 42.5 Å². The fourth-order valence-electron chi connectivity index (χ4n) is 1.88. The molecule has 0 fully saturated rings. The predicted molar refractivity (Wildman–Crippen MR) is 70.4 cm³/mol. The zero-order valence-electron chi connectivity index (χ0n) is 9.88. The second-order valence-corrected chi connectivity index (χ2v) is 3.95. The van der Waals surface area contributed by atoms with E-state index in [4.69, 9.17) is 14.9 Å². The van der Waals surface area contributed by atoms with E-state index >= 15 is 0 Å². The lowest BCUT2D eigenvalue weighted by atomic mass is 10.2. The van der Waals surface area contributed by atoms with E-state index in [1.165, 1.54) is 0 Å². The Morgan fingerprint density at radius 2 is 2.00 bits per heavy atom. The molecule has 0 saturated heterocycles. The maximum atomic E-state index is 5.75. The number of aromatic nitrogens is 1. The number of ether oxygens (including phenoxy) is 1. The molecule has 0 amide bonds. The van der Waals surface area contributed by atoms with Gasteiger partial charge in [-0.25, -0.2) is 4.98 Å². The first-order chi connectivity index (χ1) is 8.78. The Bertz CT molecular complexity index is 704. The molecule has 18 heavy (non-hydrogen) atoms. The molecule has 0 atom stereocenters. The maximum absolute atomic E-state index is 5.75. The maximum Gasteiger partial charge on any atom is 0.227 e. The fourth-order valence-corrected chi connectivity index (χ4v) is 1.88. The Kier molecular flexibility index (Phi) is 2.41. The Hall–Kier alpha value is -2.49. The van der Waals surface area contributed by atoms with Crippen molar-refractivity contribution in [3.8, 4) is 17.2 Å². The first-order valence-corrected chi connectivity index (χ1v) is 5.57. The molecular weight excluding hydrogens is 228 g/mol. The highest BCUT2D eigenvalue weighted by Gasteiger charge is 2.11. The van der Waals surface area contributed by atoms with E-state index in [1.54, 1.807) is 7.11 Å². The van der Waals surface area contributed by atoms with Gasteiger partial charge in [-0.1, -0.05) is 12.1 Å². The standard InChI is InChI=1S/C14H12N2O2/c1-17-11-6-3-7-12-13(11)16-14(18-12)9-4-2-5-10(15)8-9/h2-8H,15H2,1H3. The largest absolute Gasteiger partial charge is 0.494 e. The van der Waals surface area contributed by atoms with Crippen LogP contribution < -0.4 is 10.5 Å². The van der Waals surface area contributed by atoms with E-state index in [0.29, 0.717) is 22.9 Å². The highest BCUT2D eigenvalue weighted by Crippen LogP contribution is 2.30. The second-order valence-electron chi connectivity index (χ2n) is 3.95. The first-order valence-electron chi connectivity index (χ1n) is 5.57. The van der Waals surface area contributed by atoms with Gasteiger partial charge in [0.2, 0.25) is 5.89 Å². The Labute approximate surface area is 104 Å². The van der Waals surface area contributed by atoms with Gasteiger partial charge in [-0.2, -0.15) is 0 Å². The fraction of sp³-hybridized carbons (Fsp3) is 0.0714. The van der Waals surface area contributed by atoms with E-state index in [1.807, 2.05) is 42.5 Å². The molecule has 4 heteroatoms. The highest BCUT2D eigenvalue weighted by molar-refractivity contribution is 5.82. The molecule has 1 aromatic heterocycles. The Morgan fingerprint density at radius 3 is 2.78 bits per heavy atom. The minimum absolute atomic E-state index is 0.543. The number of rotatable bonds is 2. The predicted octanol–water partition coefficient (Wildman–Crippen LogP) is 3.09. The average molecular weight is 240 g/mol. The van der Waals surface area contributed by atoms with Crippen molar-refractivity contribution in [1.29, 1.82) is 0 Å². The molecular formula is C14H12N2O2. The van der Waals surface area contributed by atoms with Crippen LogP contribution in [0.25, 0.3) is 22.6 Å². The van der Waals surface area contributed by atoms with Crippen LogP contribution in [0.4, 0.5) is 5.69 Å². The summed E-state index contributed by atoms with van der Waals surface area (Å²) in [7, 11) is 1.61. The number of para-hydroxylation sites is 1. The minimum atomic E-state index is 0.543. The molecule has 0 unspecified atom stereocenters. The summed E-state index contributed by atoms with van der Waals surface area (Å²) >= 11 is 0. The van der Waals surface area contributed by atoms with Crippen molar-refractivity contribution in [2.45, 2.75) is 0 Å². The van der Waals surface area contributed by atoms with Crippen LogP contribution in [0.5, 0.6) is 5.75 Å². The zero-order valence-corrected chi connectivity index (χ0v) is 9.88. The summed E-state index contributed by atoms with van der Waals surface area (Å²) in [5, 5.41) is 0. The number of anilines is 1. The summed E-state index contributed by atoms with van der Waals surface area (Å²) in [5.41, 5.74) is 8.71. The molecule has 4 nitrogen and oxygen atoms in total. The molecule has 90 valence electrons. The highest BCUT2D eigenvalue weighted by atomic mass is 16.5. The monoisotopic (exact) mass is 240 g/mol. The normalized spacial score (nSPS) is 10.7. The van der Waals surface area contributed by atoms with Crippen molar-refractivity contribution in [1.82, 2.24) is 4.98 Å². The third kappa shape index (κ3) is 1.68. The molecule has 0 aliphatic heterocycles. The molecule has 0 aliphatic carbocycles. The van der Waals surface area contributed by atoms with Crippen LogP contribution in [0.1, 0.15) is 0 Å². The first kappa shape index (κ1) is 10.7. The molecule has 2 aromatic carbocycles. The molecule has 0 aliphatic rings.